The number of anilines is 1. The largest absolute Gasteiger partial charge is 0.491 e. The van der Waals surface area contributed by atoms with Gasteiger partial charge in [0.1, 0.15) is 24.6 Å². The average molecular weight is 575 g/mol. The van der Waals surface area contributed by atoms with Crippen LogP contribution >= 0.6 is 0 Å². The number of benzene rings is 3. The lowest BCUT2D eigenvalue weighted by Crippen LogP contribution is -2.27. The fourth-order valence-electron chi connectivity index (χ4n) is 4.06. The van der Waals surface area contributed by atoms with Crippen molar-refractivity contribution in [3.05, 3.63) is 84.6 Å². The normalized spacial score (nSPS) is 12.0. The van der Waals surface area contributed by atoms with Gasteiger partial charge in [0.2, 0.25) is 5.78 Å². The van der Waals surface area contributed by atoms with Crippen LogP contribution in [0.2, 0.25) is 0 Å². The maximum absolute atomic E-state index is 12.3. The van der Waals surface area contributed by atoms with E-state index >= 15 is 0 Å². The second kappa shape index (κ2) is 11.2. The number of carbonyl (C=O) groups excluding carboxylic acids is 1. The SMILES string of the molecule is Cc1ccc(S(=O)(=O)OCCOc2ccc(-c3ccn4c(n3)nc3cc(NC(=O)OC(C)(C)C)ccc34)cc2)cc1. The molecule has 0 unspecified atom stereocenters. The first-order valence-corrected chi connectivity index (χ1v) is 14.4. The van der Waals surface area contributed by atoms with E-state index in [0.717, 1.165) is 22.3 Å². The molecule has 5 rings (SSSR count). The van der Waals surface area contributed by atoms with Crippen LogP contribution in [0.3, 0.4) is 0 Å². The van der Waals surface area contributed by atoms with E-state index in [1.807, 2.05) is 41.8 Å². The van der Waals surface area contributed by atoms with Gasteiger partial charge in [-0.1, -0.05) is 17.7 Å². The number of rotatable bonds is 8. The Bertz CT molecular complexity index is 1810. The monoisotopic (exact) mass is 574 g/mol. The number of ether oxygens (including phenoxy) is 2. The highest BCUT2D eigenvalue weighted by Gasteiger charge is 2.17. The topological polar surface area (TPSA) is 121 Å². The third-order valence-corrected chi connectivity index (χ3v) is 7.29. The first-order chi connectivity index (χ1) is 19.5. The number of aromatic nitrogens is 3. The number of nitrogens with zero attached hydrogens (tertiary/aromatic N) is 3. The third kappa shape index (κ3) is 6.82. The van der Waals surface area contributed by atoms with E-state index in [-0.39, 0.29) is 18.1 Å². The second-order valence-electron chi connectivity index (χ2n) is 10.4. The van der Waals surface area contributed by atoms with Crippen LogP contribution in [0.5, 0.6) is 5.75 Å². The molecule has 41 heavy (non-hydrogen) atoms. The van der Waals surface area contributed by atoms with Crippen molar-refractivity contribution >= 4 is 38.7 Å². The smallest absolute Gasteiger partial charge is 0.412 e. The number of fused-ring (bicyclic) bond motifs is 3. The number of carbonyl (C=O) groups is 1. The standard InChI is InChI=1S/C30H30N4O6S/c1-20-5-12-24(13-6-20)41(36,37)39-18-17-38-23-10-7-21(8-11-23)25-15-16-34-27-14-9-22(19-26(27)33-28(34)32-25)31-29(35)40-30(2,3)4/h5-16,19H,17-18H2,1-4H3,(H,31,35). The highest BCUT2D eigenvalue weighted by molar-refractivity contribution is 7.86. The molecule has 0 saturated carbocycles. The van der Waals surface area contributed by atoms with Gasteiger partial charge in [-0.2, -0.15) is 8.42 Å². The van der Waals surface area contributed by atoms with Crippen LogP contribution < -0.4 is 10.1 Å². The molecular weight excluding hydrogens is 544 g/mol. The molecule has 0 fully saturated rings. The highest BCUT2D eigenvalue weighted by atomic mass is 32.2. The summed E-state index contributed by atoms with van der Waals surface area (Å²) in [6.07, 6.45) is 1.36. The highest BCUT2D eigenvalue weighted by Crippen LogP contribution is 2.25. The van der Waals surface area contributed by atoms with Gasteiger partial charge in [0, 0.05) is 17.4 Å². The number of nitrogens with one attached hydrogen (secondary N) is 1. The van der Waals surface area contributed by atoms with Gasteiger partial charge in [-0.05, 0) is 88.4 Å². The molecule has 0 aliphatic carbocycles. The molecule has 0 saturated heterocycles. The van der Waals surface area contributed by atoms with Gasteiger partial charge in [0.15, 0.2) is 0 Å². The Kier molecular flexibility index (Phi) is 7.65. The molecule has 10 nitrogen and oxygen atoms in total. The average Bonchev–Trinajstić information content (AvgIpc) is 3.27. The summed E-state index contributed by atoms with van der Waals surface area (Å²) in [6, 6.07) is 21.1. The summed E-state index contributed by atoms with van der Waals surface area (Å²) >= 11 is 0. The van der Waals surface area contributed by atoms with Crippen LogP contribution in [-0.4, -0.2) is 47.7 Å². The van der Waals surface area contributed by atoms with Crippen molar-refractivity contribution in [2.24, 2.45) is 0 Å². The fourth-order valence-corrected chi connectivity index (χ4v) is 4.95. The van der Waals surface area contributed by atoms with Crippen molar-refractivity contribution in [2.45, 2.75) is 38.2 Å². The number of hydrogen-bond acceptors (Lipinski definition) is 8. The molecule has 0 atom stereocenters. The Morgan fingerprint density at radius 2 is 1.66 bits per heavy atom. The Hall–Kier alpha value is -4.48. The van der Waals surface area contributed by atoms with Crippen molar-refractivity contribution in [1.29, 1.82) is 0 Å². The van der Waals surface area contributed by atoms with E-state index < -0.39 is 21.8 Å². The van der Waals surface area contributed by atoms with Gasteiger partial charge in [0.05, 0.1) is 21.6 Å². The number of amides is 1. The quantitative estimate of drug-likeness (QED) is 0.177. The lowest BCUT2D eigenvalue weighted by Gasteiger charge is -2.19. The second-order valence-corrected chi connectivity index (χ2v) is 12.0. The number of imidazole rings is 1. The fraction of sp³-hybridized carbons (Fsp3) is 0.233. The van der Waals surface area contributed by atoms with Crippen LogP contribution in [0.1, 0.15) is 26.3 Å². The molecule has 212 valence electrons. The summed E-state index contributed by atoms with van der Waals surface area (Å²) in [5.74, 6) is 1.09. The molecule has 0 aliphatic heterocycles. The van der Waals surface area contributed by atoms with Crippen LogP contribution in [-0.2, 0) is 19.0 Å². The lowest BCUT2D eigenvalue weighted by molar-refractivity contribution is 0.0636. The minimum Gasteiger partial charge on any atom is -0.491 e. The van der Waals surface area contributed by atoms with Gasteiger partial charge in [-0.3, -0.25) is 13.9 Å². The van der Waals surface area contributed by atoms with Crippen LogP contribution in [0.15, 0.2) is 83.9 Å². The van der Waals surface area contributed by atoms with E-state index in [9.17, 15) is 13.2 Å². The molecule has 5 aromatic rings. The molecular formula is C30H30N4O6S. The zero-order chi connectivity index (χ0) is 29.2. The third-order valence-electron chi connectivity index (χ3n) is 5.97. The minimum absolute atomic E-state index is 0.0695. The Morgan fingerprint density at radius 3 is 2.37 bits per heavy atom. The maximum Gasteiger partial charge on any atom is 0.412 e. The molecule has 0 radical (unpaired) electrons. The van der Waals surface area contributed by atoms with Gasteiger partial charge in [-0.15, -0.1) is 0 Å². The number of hydrogen-bond donors (Lipinski definition) is 1. The lowest BCUT2D eigenvalue weighted by atomic mass is 10.1. The Balaban J connectivity index is 1.22. The van der Waals surface area contributed by atoms with Gasteiger partial charge >= 0.3 is 6.09 Å². The van der Waals surface area contributed by atoms with E-state index in [2.05, 4.69) is 10.3 Å². The predicted molar refractivity (Wildman–Crippen MR) is 156 cm³/mol. The summed E-state index contributed by atoms with van der Waals surface area (Å²) in [5.41, 5.74) is 4.05. The minimum atomic E-state index is -3.84. The van der Waals surface area contributed by atoms with Gasteiger partial charge in [-0.25, -0.2) is 14.8 Å². The van der Waals surface area contributed by atoms with Crippen molar-refractivity contribution in [2.75, 3.05) is 18.5 Å². The van der Waals surface area contributed by atoms with Crippen LogP contribution in [0.4, 0.5) is 10.5 Å². The Morgan fingerprint density at radius 1 is 0.927 bits per heavy atom. The van der Waals surface area contributed by atoms with Crippen molar-refractivity contribution in [3.8, 4) is 17.0 Å². The van der Waals surface area contributed by atoms with Crippen LogP contribution in [0.25, 0.3) is 28.1 Å². The van der Waals surface area contributed by atoms with Gasteiger partial charge < -0.3 is 9.47 Å². The molecule has 0 aliphatic rings. The summed E-state index contributed by atoms with van der Waals surface area (Å²) in [4.78, 5) is 21.6. The van der Waals surface area contributed by atoms with Crippen molar-refractivity contribution in [3.63, 3.8) is 0 Å². The predicted octanol–water partition coefficient (Wildman–Crippen LogP) is 5.99. The van der Waals surface area contributed by atoms with Crippen molar-refractivity contribution in [1.82, 2.24) is 14.4 Å². The van der Waals surface area contributed by atoms with E-state index in [0.29, 0.717) is 22.7 Å². The molecule has 0 bridgehead atoms. The summed E-state index contributed by atoms with van der Waals surface area (Å²) in [5, 5.41) is 2.73. The molecule has 1 amide bonds. The van der Waals surface area contributed by atoms with Gasteiger partial charge in [0.25, 0.3) is 10.1 Å². The molecule has 3 aromatic carbocycles. The first kappa shape index (κ1) is 28.1. The number of aryl methyl sites for hydroxylation is 1. The van der Waals surface area contributed by atoms with E-state index in [1.54, 1.807) is 57.2 Å². The zero-order valence-electron chi connectivity index (χ0n) is 23.1. The maximum atomic E-state index is 12.3. The molecule has 2 aromatic heterocycles. The molecule has 11 heteroatoms. The molecule has 2 heterocycles. The first-order valence-electron chi connectivity index (χ1n) is 13.0. The molecule has 0 spiro atoms. The Labute approximate surface area is 238 Å². The summed E-state index contributed by atoms with van der Waals surface area (Å²) in [6.45, 7) is 7.26. The van der Waals surface area contributed by atoms with Crippen molar-refractivity contribution < 1.29 is 26.9 Å². The zero-order valence-corrected chi connectivity index (χ0v) is 23.9. The van der Waals surface area contributed by atoms with E-state index in [1.165, 1.54) is 12.1 Å². The van der Waals surface area contributed by atoms with Crippen LogP contribution in [0, 0.1) is 6.92 Å². The summed E-state index contributed by atoms with van der Waals surface area (Å²) < 4.78 is 42.5. The molecule has 1 N–H and O–H groups in total. The summed E-state index contributed by atoms with van der Waals surface area (Å²) in [7, 11) is -3.84. The van der Waals surface area contributed by atoms with E-state index in [4.69, 9.17) is 18.6 Å².